The van der Waals surface area contributed by atoms with E-state index in [2.05, 4.69) is 27.7 Å². The van der Waals surface area contributed by atoms with Gasteiger partial charge in [0.1, 0.15) is 11.9 Å². The van der Waals surface area contributed by atoms with Gasteiger partial charge in [-0.25, -0.2) is 0 Å². The Morgan fingerprint density at radius 3 is 2.58 bits per heavy atom. The van der Waals surface area contributed by atoms with Crippen LogP contribution in [0, 0.1) is 52.3 Å². The minimum absolute atomic E-state index is 0.0378. The summed E-state index contributed by atoms with van der Waals surface area (Å²) in [6.45, 7) is 12.2. The fourth-order valence-electron chi connectivity index (χ4n) is 10.5. The van der Waals surface area contributed by atoms with Crippen LogP contribution in [0.3, 0.4) is 0 Å². The fraction of sp³-hybridized carbons (Fsp3) is 0.935. The second-order valence-electron chi connectivity index (χ2n) is 14.2. The van der Waals surface area contributed by atoms with E-state index in [1.54, 1.807) is 0 Å². The molecule has 2 heterocycles. The van der Waals surface area contributed by atoms with Gasteiger partial charge in [-0.15, -0.1) is 0 Å². The molecule has 4 aliphatic carbocycles. The molecule has 6 fully saturated rings. The molecule has 2 saturated heterocycles. The molecule has 6 rings (SSSR count). The number of rotatable bonds is 3. The standard InChI is InChI=1S/C31H48O5/c1-6-7-27(33)35-21-11-12-29(4)20(14-21)8-9-22-23(29)16-26(32)30(5)24(22)15-25-28(30)19(3)31(36-25)13-10-18(2)17-34-31/h18-25,28H,6-17H2,1-5H3/t18-,19-,20-,21+,22-,23+,24+,25-,28+,29-,30+,31+/m0/s1. The maximum absolute atomic E-state index is 14.2. The van der Waals surface area contributed by atoms with Crippen molar-refractivity contribution in [3.63, 3.8) is 0 Å². The zero-order valence-corrected chi connectivity index (χ0v) is 23.2. The van der Waals surface area contributed by atoms with Crippen LogP contribution >= 0.6 is 0 Å². The molecular weight excluding hydrogens is 452 g/mol. The smallest absolute Gasteiger partial charge is 0.306 e. The summed E-state index contributed by atoms with van der Waals surface area (Å²) in [6, 6.07) is 0. The number of fused-ring (bicyclic) bond motifs is 7. The number of hydrogen-bond acceptors (Lipinski definition) is 5. The number of hydrogen-bond donors (Lipinski definition) is 0. The van der Waals surface area contributed by atoms with Gasteiger partial charge < -0.3 is 14.2 Å². The maximum atomic E-state index is 14.2. The first-order valence-electron chi connectivity index (χ1n) is 15.2. The van der Waals surface area contributed by atoms with Crippen LogP contribution < -0.4 is 0 Å². The number of ketones is 1. The van der Waals surface area contributed by atoms with Crippen LogP contribution in [0.5, 0.6) is 0 Å². The lowest BCUT2D eigenvalue weighted by Gasteiger charge is -2.60. The summed E-state index contributed by atoms with van der Waals surface area (Å²) in [7, 11) is 0. The van der Waals surface area contributed by atoms with Crippen molar-refractivity contribution < 1.29 is 23.8 Å². The molecule has 0 aromatic heterocycles. The molecule has 4 saturated carbocycles. The molecule has 36 heavy (non-hydrogen) atoms. The Morgan fingerprint density at radius 1 is 1.06 bits per heavy atom. The highest BCUT2D eigenvalue weighted by Crippen LogP contribution is 2.70. The summed E-state index contributed by atoms with van der Waals surface area (Å²) in [5, 5.41) is 0. The second kappa shape index (κ2) is 8.79. The van der Waals surface area contributed by atoms with Gasteiger partial charge in [-0.1, -0.05) is 34.6 Å². The zero-order valence-electron chi connectivity index (χ0n) is 23.2. The molecule has 0 aromatic rings. The minimum Gasteiger partial charge on any atom is -0.462 e. The van der Waals surface area contributed by atoms with Gasteiger partial charge in [-0.2, -0.15) is 0 Å². The Bertz CT molecular complexity index is 891. The van der Waals surface area contributed by atoms with Crippen molar-refractivity contribution in [1.82, 2.24) is 0 Å². The Labute approximate surface area is 217 Å². The number of ether oxygens (including phenoxy) is 3. The number of esters is 1. The van der Waals surface area contributed by atoms with E-state index in [0.717, 1.165) is 58.0 Å². The van der Waals surface area contributed by atoms with E-state index in [1.165, 1.54) is 12.8 Å². The molecule has 0 N–H and O–H groups in total. The summed E-state index contributed by atoms with van der Waals surface area (Å²) in [6.07, 6.45) is 10.9. The molecule has 5 heteroatoms. The number of carbonyl (C=O) groups excluding carboxylic acids is 2. The van der Waals surface area contributed by atoms with E-state index >= 15 is 0 Å². The lowest BCUT2D eigenvalue weighted by Crippen LogP contribution is -2.58. The van der Waals surface area contributed by atoms with Crippen LogP contribution in [0.2, 0.25) is 0 Å². The van der Waals surface area contributed by atoms with Gasteiger partial charge in [0.05, 0.1) is 12.7 Å². The second-order valence-corrected chi connectivity index (χ2v) is 14.2. The first kappa shape index (κ1) is 25.3. The molecule has 5 nitrogen and oxygen atoms in total. The molecule has 0 aromatic carbocycles. The van der Waals surface area contributed by atoms with Gasteiger partial charge in [0.25, 0.3) is 0 Å². The van der Waals surface area contributed by atoms with Crippen molar-refractivity contribution in [1.29, 1.82) is 0 Å². The molecule has 1 spiro atoms. The van der Waals surface area contributed by atoms with Crippen LogP contribution in [-0.4, -0.2) is 36.4 Å². The molecule has 0 amide bonds. The Hall–Kier alpha value is -0.940. The first-order valence-corrected chi connectivity index (χ1v) is 15.2. The van der Waals surface area contributed by atoms with Crippen LogP contribution in [0.1, 0.15) is 105 Å². The maximum Gasteiger partial charge on any atom is 0.306 e. The van der Waals surface area contributed by atoms with Crippen molar-refractivity contribution in [2.45, 2.75) is 123 Å². The topological polar surface area (TPSA) is 61.8 Å². The Morgan fingerprint density at radius 2 is 1.86 bits per heavy atom. The normalized spacial score (nSPS) is 53.9. The van der Waals surface area contributed by atoms with Crippen molar-refractivity contribution in [2.75, 3.05) is 6.61 Å². The van der Waals surface area contributed by atoms with Crippen molar-refractivity contribution in [3.8, 4) is 0 Å². The van der Waals surface area contributed by atoms with E-state index in [-0.39, 0.29) is 40.8 Å². The van der Waals surface area contributed by atoms with Crippen LogP contribution in [-0.2, 0) is 23.8 Å². The lowest BCUT2D eigenvalue weighted by molar-refractivity contribution is -0.272. The highest BCUT2D eigenvalue weighted by molar-refractivity contribution is 5.87. The predicted octanol–water partition coefficient (Wildman–Crippen LogP) is 6.32. The van der Waals surface area contributed by atoms with Gasteiger partial charge in [-0.05, 0) is 86.4 Å². The van der Waals surface area contributed by atoms with E-state index in [0.29, 0.717) is 41.8 Å². The van der Waals surface area contributed by atoms with Crippen molar-refractivity contribution in [3.05, 3.63) is 0 Å². The molecule has 0 bridgehead atoms. The highest BCUT2D eigenvalue weighted by Gasteiger charge is 2.71. The molecule has 0 radical (unpaired) electrons. The Balaban J connectivity index is 1.21. The average Bonchev–Trinajstić information content (AvgIpc) is 3.28. The van der Waals surface area contributed by atoms with Gasteiger partial charge >= 0.3 is 5.97 Å². The van der Waals surface area contributed by atoms with Crippen LogP contribution in [0.15, 0.2) is 0 Å². The molecule has 12 atom stereocenters. The van der Waals surface area contributed by atoms with Gasteiger partial charge in [-0.3, -0.25) is 9.59 Å². The molecule has 0 unspecified atom stereocenters. The first-order chi connectivity index (χ1) is 17.1. The predicted molar refractivity (Wildman–Crippen MR) is 137 cm³/mol. The average molecular weight is 501 g/mol. The third-order valence-electron chi connectivity index (χ3n) is 12.5. The van der Waals surface area contributed by atoms with E-state index in [1.807, 2.05) is 6.92 Å². The lowest BCUT2D eigenvalue weighted by atomic mass is 9.44. The monoisotopic (exact) mass is 500 g/mol. The fourth-order valence-corrected chi connectivity index (χ4v) is 10.5. The van der Waals surface area contributed by atoms with Crippen LogP contribution in [0.25, 0.3) is 0 Å². The summed E-state index contributed by atoms with van der Waals surface area (Å²) >= 11 is 0. The third kappa shape index (κ3) is 3.53. The zero-order chi connectivity index (χ0) is 25.5. The van der Waals surface area contributed by atoms with Crippen molar-refractivity contribution >= 4 is 11.8 Å². The third-order valence-corrected chi connectivity index (χ3v) is 12.5. The molecule has 202 valence electrons. The van der Waals surface area contributed by atoms with E-state index in [9.17, 15) is 9.59 Å². The van der Waals surface area contributed by atoms with E-state index in [4.69, 9.17) is 14.2 Å². The summed E-state index contributed by atoms with van der Waals surface area (Å²) in [5.41, 5.74) is -0.0984. The highest BCUT2D eigenvalue weighted by atomic mass is 16.7. The number of Topliss-reactive ketones (excluding diaryl/α,β-unsaturated/α-hetero) is 1. The largest absolute Gasteiger partial charge is 0.462 e. The number of carbonyl (C=O) groups is 2. The summed E-state index contributed by atoms with van der Waals surface area (Å²) < 4.78 is 19.1. The SMILES string of the molecule is CCCC(=O)O[C@@H]1CC[C@@]2(C)[C@@H](CC[C@H]3[C@H]2CC(=O)[C@]2(C)[C@H]4[C@H](C[C@H]32)O[C@]2(CC[C@H](C)CO2)[C@H]4C)C1. The van der Waals surface area contributed by atoms with Crippen LogP contribution in [0.4, 0.5) is 0 Å². The van der Waals surface area contributed by atoms with Crippen molar-refractivity contribution in [2.24, 2.45) is 52.3 Å². The van der Waals surface area contributed by atoms with E-state index < -0.39 is 5.79 Å². The van der Waals surface area contributed by atoms with Gasteiger partial charge in [0.2, 0.25) is 0 Å². The quantitative estimate of drug-likeness (QED) is 0.424. The summed E-state index contributed by atoms with van der Waals surface area (Å²) in [4.78, 5) is 26.3. The minimum atomic E-state index is -0.468. The Kier molecular flexibility index (Phi) is 6.19. The molecule has 6 aliphatic rings. The van der Waals surface area contributed by atoms with Gasteiger partial charge in [0, 0.05) is 36.5 Å². The summed E-state index contributed by atoms with van der Waals surface area (Å²) in [5.74, 6) is 3.19. The van der Waals surface area contributed by atoms with Gasteiger partial charge in [0.15, 0.2) is 5.79 Å². The molecule has 2 aliphatic heterocycles. The molecular formula is C31H48O5.